The van der Waals surface area contributed by atoms with Gasteiger partial charge in [-0.2, -0.15) is 0 Å². The van der Waals surface area contributed by atoms with Crippen molar-refractivity contribution >= 4 is 38.5 Å². The lowest BCUT2D eigenvalue weighted by Crippen LogP contribution is -2.00. The van der Waals surface area contributed by atoms with Gasteiger partial charge in [-0.3, -0.25) is 4.79 Å². The third-order valence-electron chi connectivity index (χ3n) is 2.78. The minimum Gasteiger partial charge on any atom is -0.495 e. The highest BCUT2D eigenvalue weighted by Gasteiger charge is 2.18. The van der Waals surface area contributed by atoms with Crippen LogP contribution in [0.2, 0.25) is 0 Å². The molecule has 0 atom stereocenters. The molecule has 0 aliphatic rings. The van der Waals surface area contributed by atoms with Crippen LogP contribution in [0.15, 0.2) is 41.1 Å². The zero-order valence-corrected chi connectivity index (χ0v) is 11.3. The van der Waals surface area contributed by atoms with E-state index in [4.69, 9.17) is 4.74 Å². The van der Waals surface area contributed by atoms with Crippen LogP contribution >= 0.6 is 22.7 Å². The van der Waals surface area contributed by atoms with Crippen LogP contribution in [-0.2, 0) is 0 Å². The predicted molar refractivity (Wildman–Crippen MR) is 76.1 cm³/mol. The topological polar surface area (TPSA) is 26.3 Å². The van der Waals surface area contributed by atoms with E-state index in [-0.39, 0.29) is 5.78 Å². The summed E-state index contributed by atoms with van der Waals surface area (Å²) >= 11 is 3.01. The zero-order chi connectivity index (χ0) is 12.5. The standard InChI is InChI=1S/C14H10O2S2/c1-16-11-6-8-18-14(11)12(15)10-4-2-3-9-5-7-17-13(9)10/h2-8H,1H3. The molecule has 0 N–H and O–H groups in total. The molecule has 18 heavy (non-hydrogen) atoms. The van der Waals surface area contributed by atoms with E-state index >= 15 is 0 Å². The average molecular weight is 274 g/mol. The number of carbonyl (C=O) groups is 1. The molecule has 2 nitrogen and oxygen atoms in total. The number of hydrogen-bond acceptors (Lipinski definition) is 4. The Balaban J connectivity index is 2.15. The lowest BCUT2D eigenvalue weighted by atomic mass is 10.1. The maximum Gasteiger partial charge on any atom is 0.208 e. The number of carbonyl (C=O) groups excluding carboxylic acids is 1. The molecule has 0 saturated carbocycles. The zero-order valence-electron chi connectivity index (χ0n) is 9.67. The lowest BCUT2D eigenvalue weighted by molar-refractivity contribution is 0.104. The lowest BCUT2D eigenvalue weighted by Gasteiger charge is -2.03. The second-order valence-electron chi connectivity index (χ2n) is 3.79. The van der Waals surface area contributed by atoms with E-state index in [1.807, 2.05) is 41.1 Å². The van der Waals surface area contributed by atoms with Crippen LogP contribution in [0.25, 0.3) is 10.1 Å². The Morgan fingerprint density at radius 2 is 1.94 bits per heavy atom. The number of fused-ring (bicyclic) bond motifs is 1. The van der Waals surface area contributed by atoms with Crippen molar-refractivity contribution in [3.05, 3.63) is 51.5 Å². The highest BCUT2D eigenvalue weighted by molar-refractivity contribution is 7.18. The minimum atomic E-state index is 0.0369. The fraction of sp³-hybridized carbons (Fsp3) is 0.0714. The molecule has 3 rings (SSSR count). The molecule has 0 fully saturated rings. The van der Waals surface area contributed by atoms with Crippen molar-refractivity contribution in [2.75, 3.05) is 7.11 Å². The number of ether oxygens (including phenoxy) is 1. The first-order valence-corrected chi connectivity index (χ1v) is 7.19. The Hall–Kier alpha value is -1.65. The second kappa shape index (κ2) is 4.55. The van der Waals surface area contributed by atoms with Crippen LogP contribution < -0.4 is 4.74 Å². The minimum absolute atomic E-state index is 0.0369. The van der Waals surface area contributed by atoms with Crippen molar-refractivity contribution in [3.63, 3.8) is 0 Å². The first kappa shape index (κ1) is 11.4. The molecule has 2 heterocycles. The van der Waals surface area contributed by atoms with Crippen LogP contribution in [0.3, 0.4) is 0 Å². The summed E-state index contributed by atoms with van der Waals surface area (Å²) in [6, 6.07) is 9.67. The fourth-order valence-corrected chi connectivity index (χ4v) is 3.64. The van der Waals surface area contributed by atoms with Crippen molar-refractivity contribution in [1.29, 1.82) is 0 Å². The van der Waals surface area contributed by atoms with Gasteiger partial charge in [0.15, 0.2) is 0 Å². The molecule has 3 aromatic rings. The summed E-state index contributed by atoms with van der Waals surface area (Å²) < 4.78 is 6.25. The van der Waals surface area contributed by atoms with Crippen molar-refractivity contribution in [3.8, 4) is 5.75 Å². The molecule has 0 aliphatic carbocycles. The molecule has 0 radical (unpaired) electrons. The first-order valence-electron chi connectivity index (χ1n) is 5.43. The first-order chi connectivity index (χ1) is 8.81. The predicted octanol–water partition coefficient (Wildman–Crippen LogP) is 4.20. The summed E-state index contributed by atoms with van der Waals surface area (Å²) in [5, 5.41) is 5.00. The Morgan fingerprint density at radius 1 is 1.11 bits per heavy atom. The van der Waals surface area contributed by atoms with Crippen molar-refractivity contribution in [1.82, 2.24) is 0 Å². The van der Waals surface area contributed by atoms with Gasteiger partial charge in [0, 0.05) is 10.3 Å². The van der Waals surface area contributed by atoms with Crippen molar-refractivity contribution in [2.45, 2.75) is 0 Å². The number of ketones is 1. The van der Waals surface area contributed by atoms with Crippen LogP contribution in [-0.4, -0.2) is 12.9 Å². The Labute approximate surface area is 112 Å². The molecule has 0 saturated heterocycles. The number of benzene rings is 1. The largest absolute Gasteiger partial charge is 0.495 e. The number of rotatable bonds is 3. The van der Waals surface area contributed by atoms with Gasteiger partial charge in [0.25, 0.3) is 0 Å². The summed E-state index contributed by atoms with van der Waals surface area (Å²) in [5.74, 6) is 0.688. The van der Waals surface area contributed by atoms with Crippen LogP contribution in [0.5, 0.6) is 5.75 Å². The molecule has 4 heteroatoms. The molecule has 0 spiro atoms. The van der Waals surface area contributed by atoms with Gasteiger partial charge in [0.1, 0.15) is 10.6 Å². The smallest absolute Gasteiger partial charge is 0.208 e. The highest BCUT2D eigenvalue weighted by Crippen LogP contribution is 2.31. The molecule has 0 amide bonds. The van der Waals surface area contributed by atoms with Crippen LogP contribution in [0.1, 0.15) is 15.2 Å². The summed E-state index contributed by atoms with van der Waals surface area (Å²) in [6.07, 6.45) is 0. The van der Waals surface area contributed by atoms with E-state index in [1.54, 1.807) is 18.4 Å². The molecular weight excluding hydrogens is 264 g/mol. The number of hydrogen-bond donors (Lipinski definition) is 0. The second-order valence-corrected chi connectivity index (χ2v) is 5.62. The van der Waals surface area contributed by atoms with E-state index in [1.165, 1.54) is 11.3 Å². The maximum absolute atomic E-state index is 12.5. The van der Waals surface area contributed by atoms with E-state index in [0.29, 0.717) is 10.6 Å². The van der Waals surface area contributed by atoms with Gasteiger partial charge in [-0.25, -0.2) is 0 Å². The molecule has 1 aromatic carbocycles. The van der Waals surface area contributed by atoms with Crippen LogP contribution in [0, 0.1) is 0 Å². The number of methoxy groups -OCH3 is 1. The number of thiophene rings is 2. The Morgan fingerprint density at radius 3 is 2.78 bits per heavy atom. The molecule has 2 aromatic heterocycles. The van der Waals surface area contributed by atoms with E-state index < -0.39 is 0 Å². The monoisotopic (exact) mass is 274 g/mol. The maximum atomic E-state index is 12.5. The van der Waals surface area contributed by atoms with Gasteiger partial charge in [-0.15, -0.1) is 22.7 Å². The third-order valence-corrected chi connectivity index (χ3v) is 4.64. The highest BCUT2D eigenvalue weighted by atomic mass is 32.1. The van der Waals surface area contributed by atoms with Gasteiger partial charge in [-0.1, -0.05) is 12.1 Å². The van der Waals surface area contributed by atoms with Gasteiger partial charge in [-0.05, 0) is 34.3 Å². The van der Waals surface area contributed by atoms with Gasteiger partial charge < -0.3 is 4.74 Å². The van der Waals surface area contributed by atoms with Gasteiger partial charge in [0.05, 0.1) is 7.11 Å². The Bertz CT molecular complexity index is 709. The molecule has 0 unspecified atom stereocenters. The van der Waals surface area contributed by atoms with Crippen molar-refractivity contribution in [2.24, 2.45) is 0 Å². The average Bonchev–Trinajstić information content (AvgIpc) is 3.05. The normalized spacial score (nSPS) is 10.7. The molecule has 90 valence electrons. The summed E-state index contributed by atoms with van der Waals surface area (Å²) in [7, 11) is 1.59. The fourth-order valence-electron chi connectivity index (χ4n) is 1.92. The van der Waals surface area contributed by atoms with Crippen LogP contribution in [0.4, 0.5) is 0 Å². The van der Waals surface area contributed by atoms with E-state index in [9.17, 15) is 4.79 Å². The Kier molecular flexibility index (Phi) is 2.89. The SMILES string of the molecule is COc1ccsc1C(=O)c1cccc2ccsc12. The summed E-state index contributed by atoms with van der Waals surface area (Å²) in [5.41, 5.74) is 0.753. The molecule has 0 aliphatic heterocycles. The molecular formula is C14H10O2S2. The van der Waals surface area contributed by atoms with Gasteiger partial charge >= 0.3 is 0 Å². The summed E-state index contributed by atoms with van der Waals surface area (Å²) in [4.78, 5) is 13.2. The summed E-state index contributed by atoms with van der Waals surface area (Å²) in [6.45, 7) is 0. The quantitative estimate of drug-likeness (QED) is 0.669. The van der Waals surface area contributed by atoms with E-state index in [0.717, 1.165) is 15.6 Å². The van der Waals surface area contributed by atoms with E-state index in [2.05, 4.69) is 0 Å². The van der Waals surface area contributed by atoms with Gasteiger partial charge in [0.2, 0.25) is 5.78 Å². The van der Waals surface area contributed by atoms with Crippen molar-refractivity contribution < 1.29 is 9.53 Å². The molecule has 0 bridgehead atoms. The third kappa shape index (κ3) is 1.74.